The monoisotopic (exact) mass is 232 g/mol. The van der Waals surface area contributed by atoms with Gasteiger partial charge >= 0.3 is 5.97 Å². The summed E-state index contributed by atoms with van der Waals surface area (Å²) in [5.74, 6) is -0.187. The Morgan fingerprint density at radius 1 is 1.64 bits per heavy atom. The first-order valence-electron chi connectivity index (χ1n) is 4.24. The standard InChI is InChI=1S/C9H12O3S2/c10-7(6-8(11)12)3-5-14-9-2-1-4-13-9/h1-2,4,7,10H,3,5-6H2,(H,11,12). The third kappa shape index (κ3) is 4.64. The Hall–Kier alpha value is -0.520. The predicted molar refractivity (Wildman–Crippen MR) is 57.9 cm³/mol. The van der Waals surface area contributed by atoms with Gasteiger partial charge in [0.15, 0.2) is 0 Å². The normalized spacial score (nSPS) is 12.6. The van der Waals surface area contributed by atoms with Crippen LogP contribution in [0.1, 0.15) is 12.8 Å². The minimum Gasteiger partial charge on any atom is -0.481 e. The van der Waals surface area contributed by atoms with Crippen molar-refractivity contribution < 1.29 is 15.0 Å². The van der Waals surface area contributed by atoms with Crippen molar-refractivity contribution in [2.24, 2.45) is 0 Å². The topological polar surface area (TPSA) is 57.5 Å². The van der Waals surface area contributed by atoms with Crippen molar-refractivity contribution in [2.45, 2.75) is 23.2 Å². The molecule has 0 bridgehead atoms. The molecule has 5 heteroatoms. The van der Waals surface area contributed by atoms with E-state index in [9.17, 15) is 9.90 Å². The lowest BCUT2D eigenvalue weighted by Crippen LogP contribution is -2.13. The van der Waals surface area contributed by atoms with Gasteiger partial charge in [-0.25, -0.2) is 0 Å². The molecule has 1 heterocycles. The molecule has 1 aromatic heterocycles. The van der Waals surface area contributed by atoms with E-state index in [1.165, 1.54) is 4.21 Å². The molecule has 1 aromatic rings. The Balaban J connectivity index is 2.12. The van der Waals surface area contributed by atoms with E-state index in [0.29, 0.717) is 6.42 Å². The van der Waals surface area contributed by atoms with Crippen LogP contribution in [0, 0.1) is 0 Å². The fourth-order valence-electron chi connectivity index (χ4n) is 0.945. The summed E-state index contributed by atoms with van der Waals surface area (Å²) >= 11 is 3.30. The molecule has 0 fully saturated rings. The van der Waals surface area contributed by atoms with Gasteiger partial charge in [-0.3, -0.25) is 4.79 Å². The average molecular weight is 232 g/mol. The molecule has 1 rings (SSSR count). The zero-order valence-corrected chi connectivity index (χ0v) is 9.18. The molecule has 1 unspecified atom stereocenters. The van der Waals surface area contributed by atoms with E-state index in [-0.39, 0.29) is 6.42 Å². The molecule has 0 radical (unpaired) electrons. The van der Waals surface area contributed by atoms with Gasteiger partial charge in [0, 0.05) is 5.75 Å². The number of carboxylic acids is 1. The molecule has 14 heavy (non-hydrogen) atoms. The van der Waals surface area contributed by atoms with Crippen molar-refractivity contribution in [2.75, 3.05) is 5.75 Å². The van der Waals surface area contributed by atoms with E-state index >= 15 is 0 Å². The van der Waals surface area contributed by atoms with E-state index in [4.69, 9.17) is 5.11 Å². The zero-order valence-electron chi connectivity index (χ0n) is 7.55. The number of hydrogen-bond donors (Lipinski definition) is 2. The van der Waals surface area contributed by atoms with Gasteiger partial charge in [-0.15, -0.1) is 23.1 Å². The van der Waals surface area contributed by atoms with Gasteiger partial charge in [-0.05, 0) is 17.9 Å². The highest BCUT2D eigenvalue weighted by atomic mass is 32.2. The zero-order chi connectivity index (χ0) is 10.4. The smallest absolute Gasteiger partial charge is 0.305 e. The Labute approximate surface area is 90.8 Å². The lowest BCUT2D eigenvalue weighted by Gasteiger charge is -2.05. The minimum absolute atomic E-state index is 0.162. The van der Waals surface area contributed by atoms with Crippen molar-refractivity contribution in [3.8, 4) is 0 Å². The van der Waals surface area contributed by atoms with Gasteiger partial charge in [0.1, 0.15) is 0 Å². The lowest BCUT2D eigenvalue weighted by atomic mass is 10.2. The van der Waals surface area contributed by atoms with E-state index in [1.807, 2.05) is 17.5 Å². The summed E-state index contributed by atoms with van der Waals surface area (Å²) < 4.78 is 1.20. The van der Waals surface area contributed by atoms with E-state index in [0.717, 1.165) is 5.75 Å². The average Bonchev–Trinajstić information content (AvgIpc) is 2.55. The molecular formula is C9H12O3S2. The minimum atomic E-state index is -0.946. The van der Waals surface area contributed by atoms with Crippen molar-refractivity contribution in [1.29, 1.82) is 0 Å². The molecule has 0 aliphatic rings. The van der Waals surface area contributed by atoms with Gasteiger partial charge in [-0.1, -0.05) is 6.07 Å². The van der Waals surface area contributed by atoms with Gasteiger partial charge < -0.3 is 10.2 Å². The molecular weight excluding hydrogens is 220 g/mol. The molecule has 1 atom stereocenters. The quantitative estimate of drug-likeness (QED) is 0.737. The predicted octanol–water partition coefficient (Wildman–Crippen LogP) is 2.07. The lowest BCUT2D eigenvalue weighted by molar-refractivity contribution is -0.139. The number of aliphatic hydroxyl groups is 1. The van der Waals surface area contributed by atoms with Gasteiger partial charge in [-0.2, -0.15) is 0 Å². The highest BCUT2D eigenvalue weighted by Gasteiger charge is 2.09. The fourth-order valence-corrected chi connectivity index (χ4v) is 2.85. The number of hydrogen-bond acceptors (Lipinski definition) is 4. The number of thioether (sulfide) groups is 1. The third-order valence-electron chi connectivity index (χ3n) is 1.60. The summed E-state index contributed by atoms with van der Waals surface area (Å²) in [6.07, 6.45) is -0.361. The van der Waals surface area contributed by atoms with Gasteiger partial charge in [0.05, 0.1) is 16.7 Å². The largest absolute Gasteiger partial charge is 0.481 e. The van der Waals surface area contributed by atoms with Crippen molar-refractivity contribution in [3.63, 3.8) is 0 Å². The van der Waals surface area contributed by atoms with E-state index < -0.39 is 12.1 Å². The molecule has 0 aliphatic carbocycles. The summed E-state index contributed by atoms with van der Waals surface area (Å²) in [6, 6.07) is 3.99. The van der Waals surface area contributed by atoms with Crippen LogP contribution in [0.3, 0.4) is 0 Å². The number of carboxylic acid groups (broad SMARTS) is 1. The second-order valence-corrected chi connectivity index (χ2v) is 5.16. The first kappa shape index (κ1) is 11.6. The molecule has 0 amide bonds. The number of carbonyl (C=O) groups is 1. The van der Waals surface area contributed by atoms with Crippen LogP contribution in [0.15, 0.2) is 21.7 Å². The van der Waals surface area contributed by atoms with E-state index in [2.05, 4.69) is 0 Å². The highest BCUT2D eigenvalue weighted by Crippen LogP contribution is 2.24. The maximum absolute atomic E-state index is 10.2. The molecule has 2 N–H and O–H groups in total. The van der Waals surface area contributed by atoms with Crippen LogP contribution in [0.5, 0.6) is 0 Å². The Kier molecular flexibility index (Phi) is 5.00. The van der Waals surface area contributed by atoms with Crippen LogP contribution in [0.4, 0.5) is 0 Å². The molecule has 0 aliphatic heterocycles. The first-order chi connectivity index (χ1) is 6.68. The number of thiophene rings is 1. The highest BCUT2D eigenvalue weighted by molar-refractivity contribution is 8.01. The fraction of sp³-hybridized carbons (Fsp3) is 0.444. The Bertz CT molecular complexity index is 272. The summed E-state index contributed by atoms with van der Waals surface area (Å²) in [4.78, 5) is 10.2. The van der Waals surface area contributed by atoms with Crippen LogP contribution in [0.25, 0.3) is 0 Å². The number of aliphatic carboxylic acids is 1. The molecule has 0 aromatic carbocycles. The molecule has 0 saturated carbocycles. The Morgan fingerprint density at radius 2 is 2.43 bits per heavy atom. The molecule has 0 spiro atoms. The number of aliphatic hydroxyl groups excluding tert-OH is 1. The molecule has 78 valence electrons. The summed E-state index contributed by atoms with van der Waals surface area (Å²) in [5.41, 5.74) is 0. The summed E-state index contributed by atoms with van der Waals surface area (Å²) in [5, 5.41) is 19.7. The van der Waals surface area contributed by atoms with Crippen LogP contribution in [0.2, 0.25) is 0 Å². The van der Waals surface area contributed by atoms with Crippen LogP contribution in [-0.4, -0.2) is 28.0 Å². The summed E-state index contributed by atoms with van der Waals surface area (Å²) in [7, 11) is 0. The van der Waals surface area contributed by atoms with Crippen LogP contribution < -0.4 is 0 Å². The third-order valence-corrected chi connectivity index (χ3v) is 3.76. The number of rotatable bonds is 6. The van der Waals surface area contributed by atoms with Crippen LogP contribution >= 0.6 is 23.1 Å². The van der Waals surface area contributed by atoms with Crippen molar-refractivity contribution >= 4 is 29.1 Å². The maximum atomic E-state index is 10.2. The molecule has 0 saturated heterocycles. The van der Waals surface area contributed by atoms with Gasteiger partial charge in [0.2, 0.25) is 0 Å². The maximum Gasteiger partial charge on any atom is 0.305 e. The second-order valence-electron chi connectivity index (χ2n) is 2.82. The summed E-state index contributed by atoms with van der Waals surface area (Å²) in [6.45, 7) is 0. The van der Waals surface area contributed by atoms with E-state index in [1.54, 1.807) is 23.1 Å². The van der Waals surface area contributed by atoms with Crippen LogP contribution in [-0.2, 0) is 4.79 Å². The second kappa shape index (κ2) is 6.06. The Morgan fingerprint density at radius 3 is 3.00 bits per heavy atom. The van der Waals surface area contributed by atoms with Crippen molar-refractivity contribution in [1.82, 2.24) is 0 Å². The molecule has 3 nitrogen and oxygen atoms in total. The first-order valence-corrected chi connectivity index (χ1v) is 6.11. The van der Waals surface area contributed by atoms with Crippen molar-refractivity contribution in [3.05, 3.63) is 17.5 Å². The SMILES string of the molecule is O=C(O)CC(O)CCSc1cccs1. The van der Waals surface area contributed by atoms with Gasteiger partial charge in [0.25, 0.3) is 0 Å².